The van der Waals surface area contributed by atoms with E-state index in [4.69, 9.17) is 0 Å². The third-order valence-corrected chi connectivity index (χ3v) is 4.33. The standard InChI is InChI=1S/C17H18N2S/c1-2-18-12-14-9-7-13(8-10-14)11-17-19-15-5-3-4-6-16(15)20-17/h3-10,18H,2,11-12H2,1H3. The summed E-state index contributed by atoms with van der Waals surface area (Å²) in [6.07, 6.45) is 0.917. The van der Waals surface area contributed by atoms with Gasteiger partial charge in [-0.3, -0.25) is 0 Å². The highest BCUT2D eigenvalue weighted by Crippen LogP contribution is 2.23. The van der Waals surface area contributed by atoms with E-state index >= 15 is 0 Å². The van der Waals surface area contributed by atoms with Crippen LogP contribution in [0.25, 0.3) is 10.2 Å². The summed E-state index contributed by atoms with van der Waals surface area (Å²) in [5, 5.41) is 4.53. The van der Waals surface area contributed by atoms with E-state index in [0.717, 1.165) is 25.0 Å². The minimum atomic E-state index is 0.917. The maximum atomic E-state index is 4.69. The van der Waals surface area contributed by atoms with Crippen LogP contribution in [0.3, 0.4) is 0 Å². The van der Waals surface area contributed by atoms with E-state index in [1.165, 1.54) is 20.8 Å². The first-order chi connectivity index (χ1) is 9.85. The van der Waals surface area contributed by atoms with E-state index in [0.29, 0.717) is 0 Å². The SMILES string of the molecule is CCNCc1ccc(Cc2nc3ccccc3s2)cc1. The summed E-state index contributed by atoms with van der Waals surface area (Å²) >= 11 is 1.79. The summed E-state index contributed by atoms with van der Waals surface area (Å²) in [4.78, 5) is 4.69. The van der Waals surface area contributed by atoms with Gasteiger partial charge in [-0.2, -0.15) is 0 Å². The topological polar surface area (TPSA) is 24.9 Å². The van der Waals surface area contributed by atoms with Gasteiger partial charge in [0.2, 0.25) is 0 Å². The second-order valence-electron chi connectivity index (χ2n) is 4.85. The summed E-state index contributed by atoms with van der Waals surface area (Å²) in [6.45, 7) is 4.08. The Morgan fingerprint density at radius 3 is 2.50 bits per heavy atom. The van der Waals surface area contributed by atoms with Gasteiger partial charge in [0, 0.05) is 13.0 Å². The van der Waals surface area contributed by atoms with Crippen molar-refractivity contribution in [3.8, 4) is 0 Å². The molecule has 1 heterocycles. The molecule has 0 fully saturated rings. The summed E-state index contributed by atoms with van der Waals surface area (Å²) < 4.78 is 1.27. The summed E-state index contributed by atoms with van der Waals surface area (Å²) in [7, 11) is 0. The first-order valence-electron chi connectivity index (χ1n) is 6.98. The summed E-state index contributed by atoms with van der Waals surface area (Å²) in [6, 6.07) is 17.1. The Bertz CT molecular complexity index is 653. The number of thiazole rings is 1. The Labute approximate surface area is 123 Å². The molecule has 0 saturated carbocycles. The van der Waals surface area contributed by atoms with Crippen LogP contribution in [0.4, 0.5) is 0 Å². The fourth-order valence-corrected chi connectivity index (χ4v) is 3.22. The third-order valence-electron chi connectivity index (χ3n) is 3.30. The highest BCUT2D eigenvalue weighted by molar-refractivity contribution is 7.18. The maximum absolute atomic E-state index is 4.69. The zero-order chi connectivity index (χ0) is 13.8. The first-order valence-corrected chi connectivity index (χ1v) is 7.80. The highest BCUT2D eigenvalue weighted by Gasteiger charge is 2.04. The Balaban J connectivity index is 1.73. The molecule has 0 radical (unpaired) electrons. The van der Waals surface area contributed by atoms with Gasteiger partial charge in [0.15, 0.2) is 0 Å². The molecule has 3 heteroatoms. The number of para-hydroxylation sites is 1. The van der Waals surface area contributed by atoms with Gasteiger partial charge in [-0.05, 0) is 29.8 Å². The van der Waals surface area contributed by atoms with Crippen LogP contribution in [-0.4, -0.2) is 11.5 Å². The molecule has 0 aliphatic carbocycles. The fraction of sp³-hybridized carbons (Fsp3) is 0.235. The molecular weight excluding hydrogens is 264 g/mol. The van der Waals surface area contributed by atoms with Crippen LogP contribution < -0.4 is 5.32 Å². The highest BCUT2D eigenvalue weighted by atomic mass is 32.1. The lowest BCUT2D eigenvalue weighted by Gasteiger charge is -2.03. The predicted molar refractivity (Wildman–Crippen MR) is 86.2 cm³/mol. The molecule has 0 spiro atoms. The van der Waals surface area contributed by atoms with Crippen molar-refractivity contribution in [1.82, 2.24) is 10.3 Å². The van der Waals surface area contributed by atoms with Gasteiger partial charge >= 0.3 is 0 Å². The number of hydrogen-bond acceptors (Lipinski definition) is 3. The minimum absolute atomic E-state index is 0.917. The van der Waals surface area contributed by atoms with Crippen LogP contribution >= 0.6 is 11.3 Å². The molecule has 3 rings (SSSR count). The second-order valence-corrected chi connectivity index (χ2v) is 5.96. The second kappa shape index (κ2) is 6.16. The average Bonchev–Trinajstić information content (AvgIpc) is 2.89. The van der Waals surface area contributed by atoms with Crippen molar-refractivity contribution in [2.24, 2.45) is 0 Å². The smallest absolute Gasteiger partial charge is 0.0982 e. The van der Waals surface area contributed by atoms with Crippen LogP contribution in [0.2, 0.25) is 0 Å². The van der Waals surface area contributed by atoms with Crippen LogP contribution in [0.1, 0.15) is 23.1 Å². The molecule has 1 aromatic heterocycles. The van der Waals surface area contributed by atoms with E-state index in [-0.39, 0.29) is 0 Å². The quantitative estimate of drug-likeness (QED) is 0.765. The van der Waals surface area contributed by atoms with E-state index in [1.54, 1.807) is 11.3 Å². The van der Waals surface area contributed by atoms with Gasteiger partial charge in [0.05, 0.1) is 15.2 Å². The van der Waals surface area contributed by atoms with Crippen molar-refractivity contribution < 1.29 is 0 Å². The molecule has 0 bridgehead atoms. The van der Waals surface area contributed by atoms with E-state index in [2.05, 4.69) is 59.7 Å². The Hall–Kier alpha value is -1.71. The molecule has 0 saturated heterocycles. The van der Waals surface area contributed by atoms with Crippen LogP contribution in [-0.2, 0) is 13.0 Å². The molecule has 0 aliphatic heterocycles. The number of nitrogens with one attached hydrogen (secondary N) is 1. The third kappa shape index (κ3) is 3.06. The molecular formula is C17H18N2S. The van der Waals surface area contributed by atoms with Gasteiger partial charge in [-0.1, -0.05) is 43.3 Å². The minimum Gasteiger partial charge on any atom is -0.313 e. The molecule has 0 unspecified atom stereocenters. The van der Waals surface area contributed by atoms with Gasteiger partial charge < -0.3 is 5.32 Å². The number of fused-ring (bicyclic) bond motifs is 1. The van der Waals surface area contributed by atoms with Crippen LogP contribution in [0, 0.1) is 0 Å². The van der Waals surface area contributed by atoms with Crippen molar-refractivity contribution in [3.63, 3.8) is 0 Å². The van der Waals surface area contributed by atoms with E-state index < -0.39 is 0 Å². The lowest BCUT2D eigenvalue weighted by atomic mass is 10.1. The van der Waals surface area contributed by atoms with Gasteiger partial charge in [-0.25, -0.2) is 4.98 Å². The normalized spacial score (nSPS) is 11.1. The Kier molecular flexibility index (Phi) is 4.09. The molecule has 3 aromatic rings. The number of benzene rings is 2. The van der Waals surface area contributed by atoms with Crippen LogP contribution in [0.15, 0.2) is 48.5 Å². The molecule has 102 valence electrons. The Morgan fingerprint density at radius 2 is 1.75 bits per heavy atom. The van der Waals surface area contributed by atoms with Crippen molar-refractivity contribution in [2.45, 2.75) is 19.9 Å². The van der Waals surface area contributed by atoms with Crippen molar-refractivity contribution in [3.05, 3.63) is 64.7 Å². The molecule has 2 nitrogen and oxygen atoms in total. The van der Waals surface area contributed by atoms with E-state index in [1.807, 2.05) is 6.07 Å². The van der Waals surface area contributed by atoms with Gasteiger partial charge in [-0.15, -0.1) is 11.3 Å². The van der Waals surface area contributed by atoms with Gasteiger partial charge in [0.1, 0.15) is 0 Å². The predicted octanol–water partition coefficient (Wildman–Crippen LogP) is 4.00. The van der Waals surface area contributed by atoms with E-state index in [9.17, 15) is 0 Å². The summed E-state index contributed by atoms with van der Waals surface area (Å²) in [5.74, 6) is 0. The summed E-state index contributed by atoms with van der Waals surface area (Å²) in [5.41, 5.74) is 3.76. The van der Waals surface area contributed by atoms with Crippen molar-refractivity contribution >= 4 is 21.6 Å². The van der Waals surface area contributed by atoms with Gasteiger partial charge in [0.25, 0.3) is 0 Å². The zero-order valence-corrected chi connectivity index (χ0v) is 12.4. The Morgan fingerprint density at radius 1 is 1.00 bits per heavy atom. The van der Waals surface area contributed by atoms with Crippen LogP contribution in [0.5, 0.6) is 0 Å². The molecule has 0 aliphatic rings. The molecule has 1 N–H and O–H groups in total. The molecule has 20 heavy (non-hydrogen) atoms. The lowest BCUT2D eigenvalue weighted by molar-refractivity contribution is 0.726. The molecule has 0 atom stereocenters. The van der Waals surface area contributed by atoms with Crippen molar-refractivity contribution in [2.75, 3.05) is 6.54 Å². The number of hydrogen-bond donors (Lipinski definition) is 1. The van der Waals surface area contributed by atoms with Crippen molar-refractivity contribution in [1.29, 1.82) is 0 Å². The number of nitrogens with zero attached hydrogens (tertiary/aromatic N) is 1. The monoisotopic (exact) mass is 282 g/mol. The molecule has 0 amide bonds. The fourth-order valence-electron chi connectivity index (χ4n) is 2.21. The zero-order valence-electron chi connectivity index (χ0n) is 11.6. The lowest BCUT2D eigenvalue weighted by Crippen LogP contribution is -2.11. The number of aromatic nitrogens is 1. The average molecular weight is 282 g/mol. The first kappa shape index (κ1) is 13.3. The maximum Gasteiger partial charge on any atom is 0.0982 e. The number of rotatable bonds is 5. The largest absolute Gasteiger partial charge is 0.313 e. The molecule has 2 aromatic carbocycles.